The molecule has 1 amide bonds. The highest BCUT2D eigenvalue weighted by atomic mass is 16.5. The summed E-state index contributed by atoms with van der Waals surface area (Å²) >= 11 is 0. The van der Waals surface area contributed by atoms with Crippen LogP contribution in [0.2, 0.25) is 0 Å². The molecule has 0 unspecified atom stereocenters. The van der Waals surface area contributed by atoms with Gasteiger partial charge in [0.1, 0.15) is 12.4 Å². The van der Waals surface area contributed by atoms with E-state index in [1.165, 1.54) is 0 Å². The van der Waals surface area contributed by atoms with Crippen LogP contribution in [0.3, 0.4) is 0 Å². The molecule has 2 aromatic rings. The van der Waals surface area contributed by atoms with Gasteiger partial charge in [0.15, 0.2) is 11.6 Å². The van der Waals surface area contributed by atoms with E-state index in [1.54, 1.807) is 23.1 Å². The summed E-state index contributed by atoms with van der Waals surface area (Å²) < 4.78 is 5.39. The Balaban J connectivity index is 1.41. The van der Waals surface area contributed by atoms with E-state index < -0.39 is 0 Å². The van der Waals surface area contributed by atoms with Crippen molar-refractivity contribution in [1.82, 2.24) is 4.90 Å². The molecule has 1 fully saturated rings. The van der Waals surface area contributed by atoms with Gasteiger partial charge in [-0.05, 0) is 31.0 Å². The Bertz CT molecular complexity index is 882. The molecule has 1 saturated heterocycles. The smallest absolute Gasteiger partial charge is 0.253 e. The number of benzene rings is 2. The maximum Gasteiger partial charge on any atom is 0.253 e. The van der Waals surface area contributed by atoms with E-state index in [4.69, 9.17) is 4.74 Å². The predicted octanol–water partition coefficient (Wildman–Crippen LogP) is 2.93. The molecule has 2 aromatic carbocycles. The number of hydrogen-bond donors (Lipinski definition) is 0. The first kappa shape index (κ1) is 17.5. The molecule has 2 aliphatic rings. The first-order chi connectivity index (χ1) is 13.1. The maximum absolute atomic E-state index is 12.8. The van der Waals surface area contributed by atoms with E-state index >= 15 is 0 Å². The second-order valence-corrected chi connectivity index (χ2v) is 7.12. The zero-order valence-electron chi connectivity index (χ0n) is 15.0. The lowest BCUT2D eigenvalue weighted by molar-refractivity contribution is -0.121. The van der Waals surface area contributed by atoms with Crippen molar-refractivity contribution in [3.63, 3.8) is 0 Å². The molecule has 0 spiro atoms. The van der Waals surface area contributed by atoms with Crippen LogP contribution in [0.5, 0.6) is 5.75 Å². The largest absolute Gasteiger partial charge is 0.486 e. The second-order valence-electron chi connectivity index (χ2n) is 7.12. The molecule has 0 saturated carbocycles. The van der Waals surface area contributed by atoms with Crippen LogP contribution in [0.25, 0.3) is 0 Å². The Morgan fingerprint density at radius 3 is 2.44 bits per heavy atom. The number of carbonyl (C=O) groups excluding carboxylic acids is 3. The van der Waals surface area contributed by atoms with Crippen molar-refractivity contribution in [1.29, 1.82) is 0 Å². The Labute approximate surface area is 157 Å². The minimum Gasteiger partial charge on any atom is -0.486 e. The molecule has 0 N–H and O–H groups in total. The molecule has 138 valence electrons. The van der Waals surface area contributed by atoms with Crippen molar-refractivity contribution >= 4 is 17.5 Å². The van der Waals surface area contributed by atoms with Gasteiger partial charge in [-0.1, -0.05) is 30.3 Å². The summed E-state index contributed by atoms with van der Waals surface area (Å²) in [7, 11) is 0. The number of ether oxygens (including phenoxy) is 1. The molecule has 0 bridgehead atoms. The number of likely N-dealkylation sites (tertiary alicyclic amines) is 1. The topological polar surface area (TPSA) is 63.7 Å². The Hall–Kier alpha value is -2.95. The van der Waals surface area contributed by atoms with Crippen molar-refractivity contribution in [2.45, 2.75) is 19.3 Å². The van der Waals surface area contributed by atoms with Gasteiger partial charge in [0.05, 0.1) is 0 Å². The monoisotopic (exact) mass is 363 g/mol. The molecule has 0 atom stereocenters. The highest BCUT2D eigenvalue weighted by Crippen LogP contribution is 2.27. The zero-order valence-corrected chi connectivity index (χ0v) is 15.0. The van der Waals surface area contributed by atoms with E-state index in [9.17, 15) is 14.4 Å². The molecular formula is C22H21NO4. The van der Waals surface area contributed by atoms with Crippen LogP contribution in [0, 0.1) is 5.92 Å². The van der Waals surface area contributed by atoms with Crippen LogP contribution in [0.15, 0.2) is 48.5 Å². The van der Waals surface area contributed by atoms with Gasteiger partial charge in [0, 0.05) is 42.1 Å². The number of carbonyl (C=O) groups is 3. The van der Waals surface area contributed by atoms with Crippen molar-refractivity contribution in [3.05, 3.63) is 65.2 Å². The first-order valence-corrected chi connectivity index (χ1v) is 9.28. The molecule has 5 heteroatoms. The van der Waals surface area contributed by atoms with E-state index in [0.717, 1.165) is 11.1 Å². The molecule has 4 rings (SSSR count). The van der Waals surface area contributed by atoms with Crippen molar-refractivity contribution in [3.8, 4) is 5.75 Å². The summed E-state index contributed by atoms with van der Waals surface area (Å²) in [6, 6.07) is 14.6. The lowest BCUT2D eigenvalue weighted by atomic mass is 9.88. The third kappa shape index (κ3) is 3.63. The third-order valence-electron chi connectivity index (χ3n) is 5.29. The summed E-state index contributed by atoms with van der Waals surface area (Å²) in [5, 5.41) is 0. The van der Waals surface area contributed by atoms with Crippen LogP contribution in [0.1, 0.15) is 39.1 Å². The highest BCUT2D eigenvalue weighted by molar-refractivity contribution is 5.98. The number of fused-ring (bicyclic) bond motifs is 1. The minimum absolute atomic E-state index is 0.0207. The lowest BCUT2D eigenvalue weighted by Gasteiger charge is -2.31. The number of nitrogens with zero attached hydrogens (tertiary/aromatic N) is 1. The van der Waals surface area contributed by atoms with Crippen molar-refractivity contribution in [2.24, 2.45) is 5.92 Å². The Morgan fingerprint density at radius 2 is 1.70 bits per heavy atom. The summed E-state index contributed by atoms with van der Waals surface area (Å²) in [6.45, 7) is 1.23. The fourth-order valence-corrected chi connectivity index (χ4v) is 3.78. The van der Waals surface area contributed by atoms with Gasteiger partial charge in [-0.25, -0.2) is 0 Å². The summed E-state index contributed by atoms with van der Waals surface area (Å²) in [6.07, 6.45) is 1.65. The van der Waals surface area contributed by atoms with Gasteiger partial charge in [0.2, 0.25) is 0 Å². The lowest BCUT2D eigenvalue weighted by Crippen LogP contribution is -2.40. The van der Waals surface area contributed by atoms with Gasteiger partial charge in [-0.3, -0.25) is 14.4 Å². The maximum atomic E-state index is 12.8. The number of amides is 1. The number of Topliss-reactive ketones (excluding diaryl/α,β-unsaturated/α-hetero) is 2. The average Bonchev–Trinajstić information content (AvgIpc) is 2.73. The van der Waals surface area contributed by atoms with Crippen LogP contribution in [-0.4, -0.2) is 42.1 Å². The number of ketones is 2. The quantitative estimate of drug-likeness (QED) is 0.787. The summed E-state index contributed by atoms with van der Waals surface area (Å²) in [5.41, 5.74) is 2.08. The fraction of sp³-hybridized carbons (Fsp3) is 0.318. The van der Waals surface area contributed by atoms with Gasteiger partial charge in [-0.15, -0.1) is 0 Å². The second kappa shape index (κ2) is 7.35. The molecule has 0 radical (unpaired) electrons. The fourth-order valence-electron chi connectivity index (χ4n) is 3.78. The van der Waals surface area contributed by atoms with Gasteiger partial charge < -0.3 is 9.64 Å². The Kier molecular flexibility index (Phi) is 4.75. The van der Waals surface area contributed by atoms with Gasteiger partial charge in [0.25, 0.3) is 5.91 Å². The van der Waals surface area contributed by atoms with Crippen molar-refractivity contribution in [2.75, 3.05) is 19.7 Å². The molecule has 2 aliphatic heterocycles. The first-order valence-electron chi connectivity index (χ1n) is 9.28. The number of piperidine rings is 1. The number of hydrogen-bond acceptors (Lipinski definition) is 4. The zero-order chi connectivity index (χ0) is 18.8. The summed E-state index contributed by atoms with van der Waals surface area (Å²) in [5.74, 6) is 0.769. The molecule has 27 heavy (non-hydrogen) atoms. The molecule has 0 aliphatic carbocycles. The van der Waals surface area contributed by atoms with Crippen LogP contribution in [0.4, 0.5) is 0 Å². The van der Waals surface area contributed by atoms with E-state index in [2.05, 4.69) is 0 Å². The molecular weight excluding hydrogens is 342 g/mol. The van der Waals surface area contributed by atoms with E-state index in [1.807, 2.05) is 30.3 Å². The van der Waals surface area contributed by atoms with Crippen LogP contribution < -0.4 is 4.74 Å². The average molecular weight is 363 g/mol. The normalized spacial score (nSPS) is 17.2. The minimum atomic E-state index is -0.0542. The molecule has 0 aromatic heterocycles. The van der Waals surface area contributed by atoms with Crippen LogP contribution in [-0.2, 0) is 11.2 Å². The van der Waals surface area contributed by atoms with Crippen LogP contribution >= 0.6 is 0 Å². The van der Waals surface area contributed by atoms with E-state index in [-0.39, 0.29) is 30.0 Å². The van der Waals surface area contributed by atoms with Crippen molar-refractivity contribution < 1.29 is 19.1 Å². The standard InChI is InChI=1S/C22H21NO4/c24-19-13-18-12-17(6-7-20(18)27-14-19)22(26)23-10-8-16(9-11-23)21(25)15-4-2-1-3-5-15/h1-7,12,16H,8-11,13-14H2. The van der Waals surface area contributed by atoms with Gasteiger partial charge in [-0.2, -0.15) is 0 Å². The molecule has 5 nitrogen and oxygen atoms in total. The molecule has 2 heterocycles. The highest BCUT2D eigenvalue weighted by Gasteiger charge is 2.29. The predicted molar refractivity (Wildman–Crippen MR) is 100 cm³/mol. The number of rotatable bonds is 3. The van der Waals surface area contributed by atoms with E-state index in [0.29, 0.717) is 43.7 Å². The SMILES string of the molecule is O=C1COc2ccc(C(=O)N3CCC(C(=O)c4ccccc4)CC3)cc2C1. The Morgan fingerprint density at radius 1 is 0.963 bits per heavy atom. The third-order valence-corrected chi connectivity index (χ3v) is 5.29. The summed E-state index contributed by atoms with van der Waals surface area (Å²) in [4.78, 5) is 38.8. The van der Waals surface area contributed by atoms with Gasteiger partial charge >= 0.3 is 0 Å².